The molecule has 1 unspecified atom stereocenters. The van der Waals surface area contributed by atoms with Crippen molar-refractivity contribution in [3.8, 4) is 5.75 Å². The molecule has 2 aromatic rings. The highest BCUT2D eigenvalue weighted by Gasteiger charge is 2.24. The molecule has 0 aliphatic carbocycles. The van der Waals surface area contributed by atoms with Crippen LogP contribution in [0.25, 0.3) is 0 Å². The van der Waals surface area contributed by atoms with E-state index in [1.807, 2.05) is 50.2 Å². The Hall–Kier alpha value is -2.34. The van der Waals surface area contributed by atoms with E-state index in [2.05, 4.69) is 21.2 Å². The fourth-order valence-corrected chi connectivity index (χ4v) is 2.84. The number of methoxy groups -OCH3 is 1. The Morgan fingerprint density at radius 1 is 1.11 bits per heavy atom. The van der Waals surface area contributed by atoms with Gasteiger partial charge >= 0.3 is 5.97 Å². The Labute approximate surface area is 168 Å². The Balaban J connectivity index is 2.21. The summed E-state index contributed by atoms with van der Waals surface area (Å²) in [5, 5.41) is 2.77. The first kappa shape index (κ1) is 21.0. The fourth-order valence-electron chi connectivity index (χ4n) is 2.48. The van der Waals surface area contributed by atoms with Crippen molar-refractivity contribution in [3.63, 3.8) is 0 Å². The molecule has 1 atom stereocenters. The molecule has 0 bridgehead atoms. The van der Waals surface area contributed by atoms with Crippen molar-refractivity contribution in [1.82, 2.24) is 5.32 Å². The van der Waals surface area contributed by atoms with E-state index >= 15 is 0 Å². The molecule has 1 amide bonds. The molecule has 2 rings (SSSR count). The second-order valence-electron chi connectivity index (χ2n) is 6.58. The zero-order chi connectivity index (χ0) is 19.8. The summed E-state index contributed by atoms with van der Waals surface area (Å²) in [5.41, 5.74) is 1.30. The van der Waals surface area contributed by atoms with Crippen LogP contribution in [-0.4, -0.2) is 31.6 Å². The number of carbonyl (C=O) groups is 2. The minimum atomic E-state index is -0.790. The van der Waals surface area contributed by atoms with Gasteiger partial charge in [0.15, 0.2) is 0 Å². The molecular formula is C21H24BrNO4. The summed E-state index contributed by atoms with van der Waals surface area (Å²) >= 11 is 3.38. The number of carbonyl (C=O) groups excluding carboxylic acids is 2. The molecule has 0 fully saturated rings. The lowest BCUT2D eigenvalue weighted by Crippen LogP contribution is -2.43. The number of hydrogen-bond donors (Lipinski definition) is 1. The number of benzene rings is 2. The molecule has 0 aliphatic heterocycles. The van der Waals surface area contributed by atoms with Crippen molar-refractivity contribution in [3.05, 3.63) is 64.1 Å². The van der Waals surface area contributed by atoms with E-state index in [4.69, 9.17) is 9.47 Å². The van der Waals surface area contributed by atoms with Crippen LogP contribution in [0.15, 0.2) is 53.0 Å². The second-order valence-corrected chi connectivity index (χ2v) is 7.50. The van der Waals surface area contributed by atoms with Gasteiger partial charge in [0.05, 0.1) is 19.3 Å². The molecule has 1 N–H and O–H groups in total. The lowest BCUT2D eigenvalue weighted by molar-refractivity contribution is -0.142. The maximum absolute atomic E-state index is 12.9. The highest BCUT2D eigenvalue weighted by atomic mass is 79.9. The molecule has 6 heteroatoms. The summed E-state index contributed by atoms with van der Waals surface area (Å²) in [4.78, 5) is 25.0. The van der Waals surface area contributed by atoms with Gasteiger partial charge in [-0.25, -0.2) is 4.79 Å². The molecule has 2 aromatic carbocycles. The highest BCUT2D eigenvalue weighted by molar-refractivity contribution is 9.10. The molecule has 0 aromatic heterocycles. The van der Waals surface area contributed by atoms with E-state index in [0.717, 1.165) is 10.0 Å². The van der Waals surface area contributed by atoms with Gasteiger partial charge < -0.3 is 14.8 Å². The van der Waals surface area contributed by atoms with Crippen LogP contribution in [0, 0.1) is 5.92 Å². The smallest absolute Gasteiger partial charge is 0.328 e. The third-order valence-electron chi connectivity index (χ3n) is 3.83. The van der Waals surface area contributed by atoms with E-state index in [-0.39, 0.29) is 5.91 Å². The molecule has 0 saturated carbocycles. The Morgan fingerprint density at radius 3 is 2.44 bits per heavy atom. The van der Waals surface area contributed by atoms with Crippen LogP contribution in [0.5, 0.6) is 5.75 Å². The topological polar surface area (TPSA) is 64.6 Å². The summed E-state index contributed by atoms with van der Waals surface area (Å²) < 4.78 is 11.4. The first-order chi connectivity index (χ1) is 12.9. The molecule has 5 nitrogen and oxygen atoms in total. The SMILES string of the molecule is COC(=O)C(Cc1ccccc1)NC(=O)c1cc(Br)ccc1OCC(C)C. The number of rotatable bonds is 8. The molecule has 0 saturated heterocycles. The van der Waals surface area contributed by atoms with Crippen molar-refractivity contribution in [2.75, 3.05) is 13.7 Å². The first-order valence-corrected chi connectivity index (χ1v) is 9.55. The van der Waals surface area contributed by atoms with Gasteiger partial charge in [-0.15, -0.1) is 0 Å². The van der Waals surface area contributed by atoms with Gasteiger partial charge in [-0.2, -0.15) is 0 Å². The Morgan fingerprint density at radius 2 is 1.81 bits per heavy atom. The largest absolute Gasteiger partial charge is 0.492 e. The quantitative estimate of drug-likeness (QED) is 0.638. The van der Waals surface area contributed by atoms with Gasteiger partial charge in [0, 0.05) is 10.9 Å². The lowest BCUT2D eigenvalue weighted by atomic mass is 10.1. The molecule has 27 heavy (non-hydrogen) atoms. The van der Waals surface area contributed by atoms with Crippen LogP contribution in [0.4, 0.5) is 0 Å². The van der Waals surface area contributed by atoms with E-state index in [1.54, 1.807) is 12.1 Å². The van der Waals surface area contributed by atoms with Crippen LogP contribution in [-0.2, 0) is 16.0 Å². The average molecular weight is 434 g/mol. The number of ether oxygens (including phenoxy) is 2. The van der Waals surface area contributed by atoms with Crippen LogP contribution in [0.1, 0.15) is 29.8 Å². The summed E-state index contributed by atoms with van der Waals surface area (Å²) in [6.07, 6.45) is 0.343. The molecule has 0 spiro atoms. The number of halogens is 1. The van der Waals surface area contributed by atoms with E-state index in [0.29, 0.717) is 30.3 Å². The summed E-state index contributed by atoms with van der Waals surface area (Å²) in [6, 6.07) is 13.9. The summed E-state index contributed by atoms with van der Waals surface area (Å²) in [6.45, 7) is 4.56. The molecule has 144 valence electrons. The zero-order valence-electron chi connectivity index (χ0n) is 15.7. The number of nitrogens with one attached hydrogen (secondary N) is 1. The molecule has 0 heterocycles. The highest BCUT2D eigenvalue weighted by Crippen LogP contribution is 2.24. The van der Waals surface area contributed by atoms with Gasteiger partial charge in [-0.1, -0.05) is 60.1 Å². The van der Waals surface area contributed by atoms with Crippen molar-refractivity contribution >= 4 is 27.8 Å². The van der Waals surface area contributed by atoms with E-state index in [9.17, 15) is 9.59 Å². The standard InChI is InChI=1S/C21H24BrNO4/c1-14(2)13-27-19-10-9-16(22)12-17(19)20(24)23-18(21(25)26-3)11-15-7-5-4-6-8-15/h4-10,12,14,18H,11,13H2,1-3H3,(H,23,24). The fraction of sp³-hybridized carbons (Fsp3) is 0.333. The van der Waals surface area contributed by atoms with Crippen molar-refractivity contribution in [1.29, 1.82) is 0 Å². The summed E-state index contributed by atoms with van der Waals surface area (Å²) in [5.74, 6) is -0.0774. The van der Waals surface area contributed by atoms with Crippen LogP contribution >= 0.6 is 15.9 Å². The maximum atomic E-state index is 12.9. The number of hydrogen-bond acceptors (Lipinski definition) is 4. The van der Waals surface area contributed by atoms with Crippen LogP contribution in [0.2, 0.25) is 0 Å². The minimum absolute atomic E-state index is 0.324. The normalized spacial score (nSPS) is 11.7. The van der Waals surface area contributed by atoms with Crippen LogP contribution < -0.4 is 10.1 Å². The monoisotopic (exact) mass is 433 g/mol. The predicted molar refractivity (Wildman–Crippen MR) is 108 cm³/mol. The molecule has 0 radical (unpaired) electrons. The number of amides is 1. The van der Waals surface area contributed by atoms with Crippen LogP contribution in [0.3, 0.4) is 0 Å². The van der Waals surface area contributed by atoms with E-state index < -0.39 is 12.0 Å². The Bertz CT molecular complexity index is 777. The van der Waals surface area contributed by atoms with Gasteiger partial charge in [0.25, 0.3) is 5.91 Å². The van der Waals surface area contributed by atoms with Crippen molar-refractivity contribution in [2.24, 2.45) is 5.92 Å². The molecule has 0 aliphatic rings. The van der Waals surface area contributed by atoms with E-state index in [1.165, 1.54) is 7.11 Å². The number of esters is 1. The van der Waals surface area contributed by atoms with Crippen molar-refractivity contribution in [2.45, 2.75) is 26.3 Å². The summed E-state index contributed by atoms with van der Waals surface area (Å²) in [7, 11) is 1.31. The third-order valence-corrected chi connectivity index (χ3v) is 4.33. The Kier molecular flexibility index (Phi) is 7.85. The minimum Gasteiger partial charge on any atom is -0.492 e. The zero-order valence-corrected chi connectivity index (χ0v) is 17.3. The van der Waals surface area contributed by atoms with Gasteiger partial charge in [-0.3, -0.25) is 4.79 Å². The molecular weight excluding hydrogens is 410 g/mol. The third kappa shape index (κ3) is 6.40. The van der Waals surface area contributed by atoms with Gasteiger partial charge in [0.1, 0.15) is 11.8 Å². The first-order valence-electron chi connectivity index (χ1n) is 8.75. The predicted octanol–water partition coefficient (Wildman–Crippen LogP) is 4.00. The van der Waals surface area contributed by atoms with Gasteiger partial charge in [0.2, 0.25) is 0 Å². The maximum Gasteiger partial charge on any atom is 0.328 e. The second kappa shape index (κ2) is 10.1. The van der Waals surface area contributed by atoms with Crippen molar-refractivity contribution < 1.29 is 19.1 Å². The average Bonchev–Trinajstić information content (AvgIpc) is 2.66. The lowest BCUT2D eigenvalue weighted by Gasteiger charge is -2.18. The van der Waals surface area contributed by atoms with Gasteiger partial charge in [-0.05, 0) is 29.7 Å².